The number of halogens is 1. The molecule has 1 aliphatic rings. The molecule has 130 valence electrons. The van der Waals surface area contributed by atoms with Crippen molar-refractivity contribution in [2.45, 2.75) is 38.8 Å². The van der Waals surface area contributed by atoms with Crippen molar-refractivity contribution >= 4 is 5.91 Å². The molecule has 0 atom stereocenters. The minimum absolute atomic E-state index is 0.254. The van der Waals surface area contributed by atoms with E-state index >= 15 is 0 Å². The molecule has 0 spiro atoms. The number of amides is 1. The highest BCUT2D eigenvalue weighted by atomic mass is 19.1. The van der Waals surface area contributed by atoms with Gasteiger partial charge in [-0.3, -0.25) is 9.36 Å². The van der Waals surface area contributed by atoms with Gasteiger partial charge >= 0.3 is 0 Å². The predicted molar refractivity (Wildman–Crippen MR) is 91.7 cm³/mol. The van der Waals surface area contributed by atoms with E-state index in [1.54, 1.807) is 24.0 Å². The van der Waals surface area contributed by atoms with Crippen LogP contribution < -0.4 is 0 Å². The third-order valence-corrected chi connectivity index (χ3v) is 4.63. The smallest absolute Gasteiger partial charge is 0.256 e. The predicted octanol–water partition coefficient (Wildman–Crippen LogP) is 2.50. The summed E-state index contributed by atoms with van der Waals surface area (Å²) < 4.78 is 15.4. The van der Waals surface area contributed by atoms with E-state index in [1.807, 2.05) is 13.8 Å². The zero-order valence-electron chi connectivity index (χ0n) is 14.5. The number of aliphatic hydroxyl groups is 1. The van der Waals surface area contributed by atoms with Crippen LogP contribution in [0.4, 0.5) is 4.39 Å². The third kappa shape index (κ3) is 3.03. The second kappa shape index (κ2) is 6.34. The number of benzene rings is 1. The van der Waals surface area contributed by atoms with E-state index in [2.05, 4.69) is 16.8 Å². The van der Waals surface area contributed by atoms with E-state index < -0.39 is 11.4 Å². The molecule has 0 fully saturated rings. The highest BCUT2D eigenvalue weighted by Crippen LogP contribution is 2.26. The molecule has 1 amide bonds. The van der Waals surface area contributed by atoms with Crippen molar-refractivity contribution in [1.82, 2.24) is 14.5 Å². The lowest BCUT2D eigenvalue weighted by Crippen LogP contribution is -2.25. The molecule has 0 aliphatic carbocycles. The highest BCUT2D eigenvalue weighted by molar-refractivity contribution is 5.98. The standard InChI is InChI=1S/C19H20FN3O2/c1-4-19(25,5-2)9-8-15-17-11-22(3)18(24)14-10-13(20)6-7-16(14)23(17)12-21-15/h6-7,10,12,25H,4-5,11H2,1-3H3. The number of carbonyl (C=O) groups is 1. The Kier molecular flexibility index (Phi) is 4.36. The monoisotopic (exact) mass is 341 g/mol. The Morgan fingerprint density at radius 3 is 2.76 bits per heavy atom. The average molecular weight is 341 g/mol. The van der Waals surface area contributed by atoms with Crippen LogP contribution in [-0.4, -0.2) is 38.1 Å². The molecule has 2 heterocycles. The lowest BCUT2D eigenvalue weighted by molar-refractivity contribution is 0.0787. The zero-order chi connectivity index (χ0) is 18.2. The quantitative estimate of drug-likeness (QED) is 0.854. The maximum Gasteiger partial charge on any atom is 0.256 e. The fourth-order valence-electron chi connectivity index (χ4n) is 2.83. The van der Waals surface area contributed by atoms with Crippen molar-refractivity contribution in [2.24, 2.45) is 0 Å². The Morgan fingerprint density at radius 2 is 2.08 bits per heavy atom. The molecule has 2 aromatic rings. The average Bonchev–Trinajstić information content (AvgIpc) is 2.97. The molecule has 0 radical (unpaired) electrons. The molecule has 1 N–H and O–H groups in total. The van der Waals surface area contributed by atoms with E-state index in [-0.39, 0.29) is 11.5 Å². The molecule has 0 saturated carbocycles. The number of fused-ring (bicyclic) bond motifs is 3. The number of rotatable bonds is 2. The first-order valence-electron chi connectivity index (χ1n) is 8.25. The molecule has 0 bridgehead atoms. The summed E-state index contributed by atoms with van der Waals surface area (Å²) >= 11 is 0. The molecule has 0 unspecified atom stereocenters. The van der Waals surface area contributed by atoms with Crippen molar-refractivity contribution in [3.05, 3.63) is 47.3 Å². The molecule has 3 rings (SSSR count). The highest BCUT2D eigenvalue weighted by Gasteiger charge is 2.26. The molecular weight excluding hydrogens is 321 g/mol. The number of imidazole rings is 1. The molecule has 1 aromatic carbocycles. The van der Waals surface area contributed by atoms with Gasteiger partial charge in [-0.25, -0.2) is 9.37 Å². The normalized spacial score (nSPS) is 13.6. The molecule has 25 heavy (non-hydrogen) atoms. The molecular formula is C19H20FN3O2. The van der Waals surface area contributed by atoms with Crippen molar-refractivity contribution in [3.8, 4) is 17.5 Å². The van der Waals surface area contributed by atoms with Crippen LogP contribution >= 0.6 is 0 Å². The van der Waals surface area contributed by atoms with Crippen LogP contribution in [0.2, 0.25) is 0 Å². The number of hydrogen-bond donors (Lipinski definition) is 1. The molecule has 6 heteroatoms. The maximum absolute atomic E-state index is 13.6. The minimum Gasteiger partial charge on any atom is -0.378 e. The Bertz CT molecular complexity index is 888. The van der Waals surface area contributed by atoms with Crippen LogP contribution in [0, 0.1) is 17.7 Å². The van der Waals surface area contributed by atoms with Crippen LogP contribution in [0.25, 0.3) is 5.69 Å². The van der Waals surface area contributed by atoms with Crippen LogP contribution in [-0.2, 0) is 6.54 Å². The molecule has 1 aromatic heterocycles. The molecule has 5 nitrogen and oxygen atoms in total. The van der Waals surface area contributed by atoms with Gasteiger partial charge in [0.15, 0.2) is 0 Å². The first kappa shape index (κ1) is 17.2. The van der Waals surface area contributed by atoms with Crippen molar-refractivity contribution in [1.29, 1.82) is 0 Å². The Hall–Kier alpha value is -2.65. The van der Waals surface area contributed by atoms with Gasteiger partial charge < -0.3 is 10.0 Å². The first-order valence-corrected chi connectivity index (χ1v) is 8.25. The van der Waals surface area contributed by atoms with Crippen LogP contribution in [0.5, 0.6) is 0 Å². The Morgan fingerprint density at radius 1 is 1.36 bits per heavy atom. The number of nitrogens with zero attached hydrogens (tertiary/aromatic N) is 3. The van der Waals surface area contributed by atoms with Crippen molar-refractivity contribution < 1.29 is 14.3 Å². The molecule has 0 saturated heterocycles. The van der Waals surface area contributed by atoms with E-state index in [4.69, 9.17) is 0 Å². The van der Waals surface area contributed by atoms with E-state index in [0.717, 1.165) is 5.69 Å². The van der Waals surface area contributed by atoms with Crippen LogP contribution in [0.3, 0.4) is 0 Å². The topological polar surface area (TPSA) is 58.4 Å². The van der Waals surface area contributed by atoms with Gasteiger partial charge in [-0.05, 0) is 37.0 Å². The number of hydrogen-bond acceptors (Lipinski definition) is 3. The summed E-state index contributed by atoms with van der Waals surface area (Å²) in [5.41, 5.74) is 1.06. The van der Waals surface area contributed by atoms with Gasteiger partial charge in [-0.1, -0.05) is 19.8 Å². The second-order valence-corrected chi connectivity index (χ2v) is 6.22. The van der Waals surface area contributed by atoms with Gasteiger partial charge in [0.2, 0.25) is 0 Å². The minimum atomic E-state index is -1.05. The SMILES string of the molecule is CCC(O)(C#Cc1ncn2c1CN(C)C(=O)c1cc(F)ccc1-2)CC. The third-order valence-electron chi connectivity index (χ3n) is 4.63. The van der Waals surface area contributed by atoms with Gasteiger partial charge in [0, 0.05) is 7.05 Å². The summed E-state index contributed by atoms with van der Waals surface area (Å²) in [6.07, 6.45) is 2.62. The summed E-state index contributed by atoms with van der Waals surface area (Å²) in [7, 11) is 1.66. The summed E-state index contributed by atoms with van der Waals surface area (Å²) in [4.78, 5) is 18.4. The fraction of sp³-hybridized carbons (Fsp3) is 0.368. The van der Waals surface area contributed by atoms with Crippen LogP contribution in [0.1, 0.15) is 48.4 Å². The summed E-state index contributed by atoms with van der Waals surface area (Å²) in [5, 5.41) is 10.4. The zero-order valence-corrected chi connectivity index (χ0v) is 14.5. The summed E-state index contributed by atoms with van der Waals surface area (Å²) in [5.74, 6) is 5.14. The van der Waals surface area contributed by atoms with Gasteiger partial charge in [0.05, 0.1) is 23.5 Å². The van der Waals surface area contributed by atoms with Crippen molar-refractivity contribution in [3.63, 3.8) is 0 Å². The second-order valence-electron chi connectivity index (χ2n) is 6.22. The fourth-order valence-corrected chi connectivity index (χ4v) is 2.83. The van der Waals surface area contributed by atoms with Gasteiger partial charge in [0.25, 0.3) is 5.91 Å². The van der Waals surface area contributed by atoms with Crippen molar-refractivity contribution in [2.75, 3.05) is 7.05 Å². The number of carbonyl (C=O) groups excluding carboxylic acids is 1. The van der Waals surface area contributed by atoms with Gasteiger partial charge in [-0.15, -0.1) is 0 Å². The lowest BCUT2D eigenvalue weighted by Gasteiger charge is -2.17. The summed E-state index contributed by atoms with van der Waals surface area (Å²) in [6.45, 7) is 4.06. The maximum atomic E-state index is 13.6. The van der Waals surface area contributed by atoms with E-state index in [1.165, 1.54) is 17.0 Å². The largest absolute Gasteiger partial charge is 0.378 e. The van der Waals surface area contributed by atoms with Gasteiger partial charge in [-0.2, -0.15) is 0 Å². The summed E-state index contributed by atoms with van der Waals surface area (Å²) in [6, 6.07) is 4.12. The Labute approximate surface area is 146 Å². The van der Waals surface area contributed by atoms with E-state index in [9.17, 15) is 14.3 Å². The molecule has 1 aliphatic heterocycles. The van der Waals surface area contributed by atoms with Gasteiger partial charge in [0.1, 0.15) is 23.4 Å². The number of aromatic nitrogens is 2. The lowest BCUT2D eigenvalue weighted by atomic mass is 9.98. The van der Waals surface area contributed by atoms with E-state index in [0.29, 0.717) is 30.8 Å². The first-order chi connectivity index (χ1) is 11.9. The van der Waals surface area contributed by atoms with Crippen LogP contribution in [0.15, 0.2) is 24.5 Å². The Balaban J connectivity index is 2.13.